The molecule has 0 unspecified atom stereocenters. The summed E-state index contributed by atoms with van der Waals surface area (Å²) in [5.74, 6) is 0.0739. The lowest BCUT2D eigenvalue weighted by molar-refractivity contribution is -0.130. The number of benzene rings is 1. The monoisotopic (exact) mass is 419 g/mol. The molecule has 0 N–H and O–H groups in total. The summed E-state index contributed by atoms with van der Waals surface area (Å²) in [6.07, 6.45) is 5.16. The van der Waals surface area contributed by atoms with Crippen LogP contribution in [0.5, 0.6) is 0 Å². The number of ketones is 1. The quantitative estimate of drug-likeness (QED) is 0.616. The summed E-state index contributed by atoms with van der Waals surface area (Å²) < 4.78 is 1.06. The van der Waals surface area contributed by atoms with Gasteiger partial charge in [-0.05, 0) is 70.9 Å². The minimum atomic E-state index is 0.0100. The smallest absolute Gasteiger partial charge is 0.223 e. The summed E-state index contributed by atoms with van der Waals surface area (Å²) in [4.78, 5) is 27.6. The fourth-order valence-electron chi connectivity index (χ4n) is 3.22. The van der Waals surface area contributed by atoms with Gasteiger partial charge in [-0.1, -0.05) is 12.1 Å². The molecular weight excluding hydrogens is 398 g/mol. The van der Waals surface area contributed by atoms with E-state index in [0.717, 1.165) is 27.1 Å². The predicted octanol–water partition coefficient (Wildman–Crippen LogP) is 5.01. The third kappa shape index (κ3) is 4.79. The van der Waals surface area contributed by atoms with Crippen molar-refractivity contribution in [1.29, 1.82) is 0 Å². The third-order valence-electron chi connectivity index (χ3n) is 4.68. The number of carbonyl (C=O) groups is 2. The lowest BCUT2D eigenvalue weighted by Crippen LogP contribution is -2.26. The van der Waals surface area contributed by atoms with Crippen molar-refractivity contribution in [2.45, 2.75) is 45.1 Å². The number of amides is 1. The number of thiophene rings is 1. The van der Waals surface area contributed by atoms with Crippen LogP contribution in [0.25, 0.3) is 0 Å². The minimum absolute atomic E-state index is 0.0100. The maximum absolute atomic E-state index is 12.4. The van der Waals surface area contributed by atoms with Crippen molar-refractivity contribution in [2.24, 2.45) is 0 Å². The molecule has 1 amide bonds. The highest BCUT2D eigenvalue weighted by Gasteiger charge is 2.16. The number of aryl methyl sites for hydroxylation is 2. The molecule has 0 saturated carbocycles. The van der Waals surface area contributed by atoms with E-state index in [1.807, 2.05) is 24.3 Å². The topological polar surface area (TPSA) is 37.4 Å². The molecule has 0 radical (unpaired) electrons. The van der Waals surface area contributed by atoms with E-state index in [4.69, 9.17) is 0 Å². The molecule has 0 atom stereocenters. The predicted molar refractivity (Wildman–Crippen MR) is 105 cm³/mol. The number of Topliss-reactive ketones (excluding diaryl/α,β-unsaturated/α-hetero) is 1. The number of fused-ring (bicyclic) bond motifs is 1. The van der Waals surface area contributed by atoms with E-state index in [1.54, 1.807) is 23.3 Å². The van der Waals surface area contributed by atoms with Crippen molar-refractivity contribution in [3.05, 3.63) is 55.7 Å². The van der Waals surface area contributed by atoms with E-state index in [-0.39, 0.29) is 24.5 Å². The third-order valence-corrected chi connectivity index (χ3v) is 6.29. The van der Waals surface area contributed by atoms with Crippen molar-refractivity contribution in [3.63, 3.8) is 0 Å². The van der Waals surface area contributed by atoms with E-state index < -0.39 is 0 Å². The molecule has 0 saturated heterocycles. The second kappa shape index (κ2) is 8.28. The molecule has 1 aliphatic rings. The first-order chi connectivity index (χ1) is 12.0. The Morgan fingerprint density at radius 2 is 1.84 bits per heavy atom. The van der Waals surface area contributed by atoms with Crippen molar-refractivity contribution in [3.8, 4) is 0 Å². The standard InChI is InChI=1S/C20H22BrNO2S/c1-22(13-17-8-10-19(21)25-17)20(24)11-9-18(23)16-7-6-14-4-2-3-5-15(14)12-16/h6-8,10,12H,2-5,9,11,13H2,1H3. The van der Waals surface area contributed by atoms with Gasteiger partial charge in [0.15, 0.2) is 5.78 Å². The number of nitrogens with zero attached hydrogens (tertiary/aromatic N) is 1. The number of carbonyl (C=O) groups excluding carboxylic acids is 2. The van der Waals surface area contributed by atoms with E-state index in [0.29, 0.717) is 6.54 Å². The van der Waals surface area contributed by atoms with Gasteiger partial charge in [-0.2, -0.15) is 0 Å². The van der Waals surface area contributed by atoms with Crippen LogP contribution in [0.3, 0.4) is 0 Å². The van der Waals surface area contributed by atoms with E-state index >= 15 is 0 Å². The van der Waals surface area contributed by atoms with Gasteiger partial charge in [-0.3, -0.25) is 9.59 Å². The average molecular weight is 420 g/mol. The van der Waals surface area contributed by atoms with Crippen LogP contribution < -0.4 is 0 Å². The highest BCUT2D eigenvalue weighted by molar-refractivity contribution is 9.11. The first kappa shape index (κ1) is 18.3. The van der Waals surface area contributed by atoms with Crippen molar-refractivity contribution in [1.82, 2.24) is 4.90 Å². The van der Waals surface area contributed by atoms with E-state index in [9.17, 15) is 9.59 Å². The summed E-state index contributed by atoms with van der Waals surface area (Å²) >= 11 is 5.05. The van der Waals surface area contributed by atoms with Crippen molar-refractivity contribution >= 4 is 39.0 Å². The summed E-state index contributed by atoms with van der Waals surface area (Å²) in [6.45, 7) is 0.585. The molecule has 3 rings (SSSR count). The van der Waals surface area contributed by atoms with Gasteiger partial charge in [-0.15, -0.1) is 11.3 Å². The summed E-state index contributed by atoms with van der Waals surface area (Å²) in [5.41, 5.74) is 3.43. The average Bonchev–Trinajstić information content (AvgIpc) is 3.03. The van der Waals surface area contributed by atoms with Gasteiger partial charge in [0.1, 0.15) is 0 Å². The lowest BCUT2D eigenvalue weighted by Gasteiger charge is -2.17. The Morgan fingerprint density at radius 1 is 1.08 bits per heavy atom. The van der Waals surface area contributed by atoms with Crippen LogP contribution in [0.2, 0.25) is 0 Å². The van der Waals surface area contributed by atoms with Gasteiger partial charge in [0.25, 0.3) is 0 Å². The highest BCUT2D eigenvalue weighted by atomic mass is 79.9. The Hall–Kier alpha value is -1.46. The van der Waals surface area contributed by atoms with Crippen molar-refractivity contribution in [2.75, 3.05) is 7.05 Å². The Kier molecular flexibility index (Phi) is 6.07. The summed E-state index contributed by atoms with van der Waals surface area (Å²) in [5, 5.41) is 0. The van der Waals surface area contributed by atoms with Crippen LogP contribution >= 0.6 is 27.3 Å². The maximum Gasteiger partial charge on any atom is 0.223 e. The Labute approximate surface area is 161 Å². The Balaban J connectivity index is 1.53. The molecule has 1 heterocycles. The second-order valence-electron chi connectivity index (χ2n) is 6.57. The molecule has 1 aliphatic carbocycles. The largest absolute Gasteiger partial charge is 0.341 e. The Bertz CT molecular complexity index is 784. The first-order valence-electron chi connectivity index (χ1n) is 8.66. The van der Waals surface area contributed by atoms with Crippen molar-refractivity contribution < 1.29 is 9.59 Å². The highest BCUT2D eigenvalue weighted by Crippen LogP contribution is 2.24. The zero-order valence-corrected chi connectivity index (χ0v) is 16.8. The van der Waals surface area contributed by atoms with Crippen LogP contribution in [0.1, 0.15) is 52.0 Å². The van der Waals surface area contributed by atoms with Crippen LogP contribution in [-0.4, -0.2) is 23.6 Å². The molecule has 1 aromatic heterocycles. The van der Waals surface area contributed by atoms with E-state index in [2.05, 4.69) is 22.0 Å². The molecule has 0 spiro atoms. The summed E-state index contributed by atoms with van der Waals surface area (Å²) in [7, 11) is 1.79. The molecule has 2 aromatic rings. The summed E-state index contributed by atoms with van der Waals surface area (Å²) in [6, 6.07) is 10.0. The van der Waals surface area contributed by atoms with Crippen LogP contribution in [0.4, 0.5) is 0 Å². The molecular formula is C20H22BrNO2S. The SMILES string of the molecule is CN(Cc1ccc(Br)s1)C(=O)CCC(=O)c1ccc2c(c1)CCCC2. The van der Waals surface area contributed by atoms with Gasteiger partial charge in [0.2, 0.25) is 5.91 Å². The van der Waals surface area contributed by atoms with Crippen LogP contribution in [0, 0.1) is 0 Å². The molecule has 1 aromatic carbocycles. The first-order valence-corrected chi connectivity index (χ1v) is 10.3. The maximum atomic E-state index is 12.4. The Morgan fingerprint density at radius 3 is 2.56 bits per heavy atom. The normalized spacial score (nSPS) is 13.4. The molecule has 0 aliphatic heterocycles. The molecule has 132 valence electrons. The fraction of sp³-hybridized carbons (Fsp3) is 0.400. The van der Waals surface area contributed by atoms with Gasteiger partial charge < -0.3 is 4.90 Å². The molecule has 0 fully saturated rings. The molecule has 5 heteroatoms. The van der Waals surface area contributed by atoms with Crippen LogP contribution in [-0.2, 0) is 24.2 Å². The lowest BCUT2D eigenvalue weighted by atomic mass is 9.89. The minimum Gasteiger partial charge on any atom is -0.341 e. The zero-order valence-electron chi connectivity index (χ0n) is 14.4. The number of rotatable bonds is 6. The van der Waals surface area contributed by atoms with Gasteiger partial charge >= 0.3 is 0 Å². The molecule has 25 heavy (non-hydrogen) atoms. The number of hydrogen-bond donors (Lipinski definition) is 0. The van der Waals surface area contributed by atoms with Gasteiger partial charge in [0, 0.05) is 30.3 Å². The van der Waals surface area contributed by atoms with Gasteiger partial charge in [0.05, 0.1) is 10.3 Å². The zero-order chi connectivity index (χ0) is 17.8. The van der Waals surface area contributed by atoms with Gasteiger partial charge in [-0.25, -0.2) is 0 Å². The van der Waals surface area contributed by atoms with Crippen LogP contribution in [0.15, 0.2) is 34.1 Å². The van der Waals surface area contributed by atoms with E-state index in [1.165, 1.54) is 24.0 Å². The number of hydrogen-bond acceptors (Lipinski definition) is 3. The number of halogens is 1. The molecule has 3 nitrogen and oxygen atoms in total. The fourth-order valence-corrected chi connectivity index (χ4v) is 4.76. The molecule has 0 bridgehead atoms. The second-order valence-corrected chi connectivity index (χ2v) is 9.12.